The zero-order chi connectivity index (χ0) is 18.6. The molecular weight excluding hydrogens is 336 g/mol. The molecule has 0 saturated carbocycles. The summed E-state index contributed by atoms with van der Waals surface area (Å²) in [6, 6.07) is 10.2. The van der Waals surface area contributed by atoms with Gasteiger partial charge in [0.25, 0.3) is 15.9 Å². The minimum Gasteiger partial charge on any atom is -0.352 e. The third-order valence-electron chi connectivity index (χ3n) is 4.02. The smallest absolute Gasteiger partial charge is 0.261 e. The average molecular weight is 360 g/mol. The summed E-state index contributed by atoms with van der Waals surface area (Å²) in [5, 5.41) is 2.78. The van der Waals surface area contributed by atoms with Gasteiger partial charge in [-0.05, 0) is 56.0 Å². The van der Waals surface area contributed by atoms with Gasteiger partial charge in [0.15, 0.2) is 0 Å². The Morgan fingerprint density at radius 3 is 2.24 bits per heavy atom. The van der Waals surface area contributed by atoms with Gasteiger partial charge >= 0.3 is 0 Å². The van der Waals surface area contributed by atoms with E-state index in [-0.39, 0.29) is 10.8 Å². The summed E-state index contributed by atoms with van der Waals surface area (Å²) in [5.74, 6) is -0.261. The van der Waals surface area contributed by atoms with Crippen molar-refractivity contribution >= 4 is 21.6 Å². The molecule has 6 heteroatoms. The van der Waals surface area contributed by atoms with Crippen LogP contribution in [0.3, 0.4) is 0 Å². The summed E-state index contributed by atoms with van der Waals surface area (Å²) < 4.78 is 28.2. The first-order valence-electron chi connectivity index (χ1n) is 8.24. The lowest BCUT2D eigenvalue weighted by Gasteiger charge is -2.14. The zero-order valence-electron chi connectivity index (χ0n) is 15.0. The van der Waals surface area contributed by atoms with Gasteiger partial charge in [0.2, 0.25) is 0 Å². The van der Waals surface area contributed by atoms with Crippen molar-refractivity contribution in [3.05, 3.63) is 58.7 Å². The molecule has 0 atom stereocenters. The highest BCUT2D eigenvalue weighted by atomic mass is 32.2. The third-order valence-corrected chi connectivity index (χ3v) is 5.36. The van der Waals surface area contributed by atoms with Crippen LogP contribution in [-0.2, 0) is 10.0 Å². The molecule has 2 aromatic carbocycles. The van der Waals surface area contributed by atoms with E-state index in [0.717, 1.165) is 23.1 Å². The Kier molecular flexibility index (Phi) is 5.85. The second kappa shape index (κ2) is 7.70. The van der Waals surface area contributed by atoms with Gasteiger partial charge in [-0.3, -0.25) is 9.52 Å². The molecule has 134 valence electrons. The number of aryl methyl sites for hydroxylation is 3. The number of sulfonamides is 1. The first-order chi connectivity index (χ1) is 11.8. The van der Waals surface area contributed by atoms with Gasteiger partial charge in [0.05, 0.1) is 10.6 Å². The lowest BCUT2D eigenvalue weighted by molar-refractivity contribution is 0.0953. The molecule has 0 spiro atoms. The number of rotatable bonds is 6. The van der Waals surface area contributed by atoms with E-state index in [9.17, 15) is 13.2 Å². The standard InChI is InChI=1S/C19H24N2O3S/c1-5-11-20-19(22)17-12-16(10-9-13(17)2)25(23,24)21-18-14(3)7-6-8-15(18)4/h6-10,12,21H,5,11H2,1-4H3,(H,20,22). The SMILES string of the molecule is CCCNC(=O)c1cc(S(=O)(=O)Nc2c(C)cccc2C)ccc1C. The van der Waals surface area contributed by atoms with Gasteiger partial charge in [-0.2, -0.15) is 0 Å². The lowest BCUT2D eigenvalue weighted by atomic mass is 10.1. The van der Waals surface area contributed by atoms with Crippen molar-refractivity contribution in [1.82, 2.24) is 5.32 Å². The van der Waals surface area contributed by atoms with Crippen LogP contribution in [0.25, 0.3) is 0 Å². The molecule has 0 saturated heterocycles. The topological polar surface area (TPSA) is 75.3 Å². The van der Waals surface area contributed by atoms with E-state index in [2.05, 4.69) is 10.0 Å². The normalized spacial score (nSPS) is 11.2. The molecule has 2 rings (SSSR count). The molecule has 2 aromatic rings. The van der Waals surface area contributed by atoms with Gasteiger partial charge in [0.1, 0.15) is 0 Å². The Labute approximate surface area is 149 Å². The molecule has 0 unspecified atom stereocenters. The maximum atomic E-state index is 12.8. The number of carbonyl (C=O) groups excluding carboxylic acids is 1. The molecule has 1 amide bonds. The fourth-order valence-electron chi connectivity index (χ4n) is 2.52. The summed E-state index contributed by atoms with van der Waals surface area (Å²) >= 11 is 0. The number of anilines is 1. The predicted octanol–water partition coefficient (Wildman–Crippen LogP) is 3.55. The maximum Gasteiger partial charge on any atom is 0.261 e. The molecule has 0 aliphatic carbocycles. The largest absolute Gasteiger partial charge is 0.352 e. The fraction of sp³-hybridized carbons (Fsp3) is 0.316. The molecule has 0 aliphatic rings. The van der Waals surface area contributed by atoms with E-state index in [1.54, 1.807) is 13.0 Å². The summed E-state index contributed by atoms with van der Waals surface area (Å²) in [4.78, 5) is 12.3. The van der Waals surface area contributed by atoms with Crippen LogP contribution >= 0.6 is 0 Å². The maximum absolute atomic E-state index is 12.8. The van der Waals surface area contributed by atoms with Crippen molar-refractivity contribution < 1.29 is 13.2 Å². The minimum atomic E-state index is -3.78. The van der Waals surface area contributed by atoms with Crippen molar-refractivity contribution in [3.63, 3.8) is 0 Å². The molecule has 0 aromatic heterocycles. The van der Waals surface area contributed by atoms with Gasteiger partial charge in [-0.15, -0.1) is 0 Å². The highest BCUT2D eigenvalue weighted by Gasteiger charge is 2.19. The van der Waals surface area contributed by atoms with Crippen molar-refractivity contribution in [2.24, 2.45) is 0 Å². The highest BCUT2D eigenvalue weighted by molar-refractivity contribution is 7.92. The van der Waals surface area contributed by atoms with Crippen LogP contribution in [0.1, 0.15) is 40.4 Å². The van der Waals surface area contributed by atoms with Crippen molar-refractivity contribution in [1.29, 1.82) is 0 Å². The number of benzene rings is 2. The van der Waals surface area contributed by atoms with Crippen molar-refractivity contribution in [2.75, 3.05) is 11.3 Å². The molecule has 0 aliphatic heterocycles. The van der Waals surface area contributed by atoms with Crippen LogP contribution in [0.2, 0.25) is 0 Å². The minimum absolute atomic E-state index is 0.0717. The zero-order valence-corrected chi connectivity index (χ0v) is 15.8. The van der Waals surface area contributed by atoms with E-state index < -0.39 is 10.0 Å². The molecule has 0 radical (unpaired) electrons. The van der Waals surface area contributed by atoms with Gasteiger partial charge < -0.3 is 5.32 Å². The van der Waals surface area contributed by atoms with Crippen LogP contribution in [0.5, 0.6) is 0 Å². The quantitative estimate of drug-likeness (QED) is 0.827. The van der Waals surface area contributed by atoms with E-state index in [1.165, 1.54) is 12.1 Å². The molecule has 0 heterocycles. The van der Waals surface area contributed by atoms with Crippen LogP contribution in [-0.4, -0.2) is 20.9 Å². The Bertz CT molecular complexity index is 869. The molecule has 5 nitrogen and oxygen atoms in total. The molecule has 0 bridgehead atoms. The Balaban J connectivity index is 2.38. The number of carbonyl (C=O) groups is 1. The van der Waals surface area contributed by atoms with Crippen molar-refractivity contribution in [2.45, 2.75) is 39.0 Å². The van der Waals surface area contributed by atoms with Crippen LogP contribution in [0.15, 0.2) is 41.3 Å². The summed E-state index contributed by atoms with van der Waals surface area (Å²) in [5.41, 5.74) is 3.37. The number of hydrogen-bond acceptors (Lipinski definition) is 3. The van der Waals surface area contributed by atoms with Crippen LogP contribution in [0.4, 0.5) is 5.69 Å². The molecule has 25 heavy (non-hydrogen) atoms. The number of amides is 1. The highest BCUT2D eigenvalue weighted by Crippen LogP contribution is 2.24. The third kappa shape index (κ3) is 4.39. The van der Waals surface area contributed by atoms with E-state index in [4.69, 9.17) is 0 Å². The van der Waals surface area contributed by atoms with Gasteiger partial charge in [-0.25, -0.2) is 8.42 Å². The second-order valence-corrected chi connectivity index (χ2v) is 7.79. The van der Waals surface area contributed by atoms with Crippen molar-refractivity contribution in [3.8, 4) is 0 Å². The molecule has 2 N–H and O–H groups in total. The predicted molar refractivity (Wildman–Crippen MR) is 101 cm³/mol. The van der Waals surface area contributed by atoms with E-state index in [1.807, 2.05) is 39.0 Å². The Hall–Kier alpha value is -2.34. The first kappa shape index (κ1) is 19.0. The average Bonchev–Trinajstić information content (AvgIpc) is 2.56. The monoisotopic (exact) mass is 360 g/mol. The molecule has 0 fully saturated rings. The van der Waals surface area contributed by atoms with Crippen LogP contribution in [0, 0.1) is 20.8 Å². The number of para-hydroxylation sites is 1. The van der Waals surface area contributed by atoms with Gasteiger partial charge in [0, 0.05) is 12.1 Å². The fourth-order valence-corrected chi connectivity index (χ4v) is 3.74. The Morgan fingerprint density at radius 1 is 1.00 bits per heavy atom. The van der Waals surface area contributed by atoms with E-state index in [0.29, 0.717) is 17.8 Å². The summed E-state index contributed by atoms with van der Waals surface area (Å²) in [7, 11) is -3.78. The summed E-state index contributed by atoms with van der Waals surface area (Å²) in [6.07, 6.45) is 0.816. The number of hydrogen-bond donors (Lipinski definition) is 2. The lowest BCUT2D eigenvalue weighted by Crippen LogP contribution is -2.25. The summed E-state index contributed by atoms with van der Waals surface area (Å²) in [6.45, 7) is 8.00. The first-order valence-corrected chi connectivity index (χ1v) is 9.72. The second-order valence-electron chi connectivity index (χ2n) is 6.10. The van der Waals surface area contributed by atoms with E-state index >= 15 is 0 Å². The molecular formula is C19H24N2O3S. The number of nitrogens with one attached hydrogen (secondary N) is 2. The Morgan fingerprint density at radius 2 is 1.64 bits per heavy atom. The van der Waals surface area contributed by atoms with Crippen LogP contribution < -0.4 is 10.0 Å². The van der Waals surface area contributed by atoms with Gasteiger partial charge in [-0.1, -0.05) is 31.2 Å².